The molecule has 0 radical (unpaired) electrons. The molecule has 0 aromatic carbocycles. The van der Waals surface area contributed by atoms with Crippen molar-refractivity contribution in [2.24, 2.45) is 4.99 Å². The molecule has 0 amide bonds. The van der Waals surface area contributed by atoms with Gasteiger partial charge in [0.2, 0.25) is 5.88 Å². The standard InChI is InChI=1S/C17H26F3N5O3S.HI/c1-3-10-28-15-5-4-13(11-22-15)12-23-16(21-2)24-14-6-8-25(9-7-14)29(26,27)17(18,19)20;/h4-5,11,14H,3,6-10,12H2,1-2H3,(H2,21,23,24);1H. The van der Waals surface area contributed by atoms with E-state index in [0.29, 0.717) is 29.3 Å². The summed E-state index contributed by atoms with van der Waals surface area (Å²) in [6, 6.07) is 3.47. The number of guanidine groups is 1. The van der Waals surface area contributed by atoms with Gasteiger partial charge in [-0.15, -0.1) is 24.0 Å². The highest BCUT2D eigenvalue weighted by atomic mass is 127. The van der Waals surface area contributed by atoms with Crippen molar-refractivity contribution in [3.63, 3.8) is 0 Å². The smallest absolute Gasteiger partial charge is 0.478 e. The average molecular weight is 565 g/mol. The number of aromatic nitrogens is 1. The fourth-order valence-corrected chi connectivity index (χ4v) is 3.75. The summed E-state index contributed by atoms with van der Waals surface area (Å²) in [6.07, 6.45) is 3.09. The van der Waals surface area contributed by atoms with E-state index in [0.717, 1.165) is 12.0 Å². The Balaban J connectivity index is 0.00000450. The number of rotatable bonds is 7. The molecule has 1 aliphatic rings. The average Bonchev–Trinajstić information content (AvgIpc) is 2.69. The van der Waals surface area contributed by atoms with Gasteiger partial charge in [-0.2, -0.15) is 17.5 Å². The zero-order chi connectivity index (χ0) is 21.5. The molecule has 2 rings (SSSR count). The van der Waals surface area contributed by atoms with Gasteiger partial charge in [-0.3, -0.25) is 4.99 Å². The molecule has 1 aromatic heterocycles. The topological polar surface area (TPSA) is 95.9 Å². The molecule has 1 aromatic rings. The second-order valence-electron chi connectivity index (χ2n) is 6.55. The summed E-state index contributed by atoms with van der Waals surface area (Å²) in [4.78, 5) is 8.31. The summed E-state index contributed by atoms with van der Waals surface area (Å²) >= 11 is 0. The van der Waals surface area contributed by atoms with Crippen LogP contribution in [0.3, 0.4) is 0 Å². The van der Waals surface area contributed by atoms with Gasteiger partial charge >= 0.3 is 15.5 Å². The molecule has 0 unspecified atom stereocenters. The Labute approximate surface area is 191 Å². The predicted molar refractivity (Wildman–Crippen MR) is 118 cm³/mol. The molecule has 1 saturated heterocycles. The van der Waals surface area contributed by atoms with Crippen LogP contribution < -0.4 is 15.4 Å². The Kier molecular flexibility index (Phi) is 10.6. The molecule has 1 aliphatic heterocycles. The summed E-state index contributed by atoms with van der Waals surface area (Å²) in [7, 11) is -3.69. The van der Waals surface area contributed by atoms with Crippen LogP contribution in [0.2, 0.25) is 0 Å². The number of alkyl halides is 3. The van der Waals surface area contributed by atoms with Gasteiger partial charge < -0.3 is 15.4 Å². The molecule has 0 bridgehead atoms. The van der Waals surface area contributed by atoms with Crippen molar-refractivity contribution in [2.45, 2.75) is 44.3 Å². The van der Waals surface area contributed by atoms with Crippen LogP contribution in [0.25, 0.3) is 0 Å². The first-order valence-corrected chi connectivity index (χ1v) is 10.7. The van der Waals surface area contributed by atoms with Crippen LogP contribution in [0, 0.1) is 0 Å². The third kappa shape index (κ3) is 7.41. The highest BCUT2D eigenvalue weighted by Gasteiger charge is 2.50. The lowest BCUT2D eigenvalue weighted by molar-refractivity contribution is -0.0494. The van der Waals surface area contributed by atoms with E-state index in [1.807, 2.05) is 13.0 Å². The molecule has 1 fully saturated rings. The number of ether oxygens (including phenoxy) is 1. The zero-order valence-corrected chi connectivity index (χ0v) is 19.9. The number of pyridine rings is 1. The van der Waals surface area contributed by atoms with Gasteiger partial charge in [0.1, 0.15) is 0 Å². The molecule has 0 spiro atoms. The van der Waals surface area contributed by atoms with Crippen molar-refractivity contribution in [3.8, 4) is 5.88 Å². The van der Waals surface area contributed by atoms with Gasteiger partial charge in [0, 0.05) is 45.0 Å². The first kappa shape index (κ1) is 26.7. The Hall–Kier alpha value is -1.35. The lowest BCUT2D eigenvalue weighted by Crippen LogP contribution is -2.51. The number of hydrogen-bond acceptors (Lipinski definition) is 5. The van der Waals surface area contributed by atoms with E-state index in [1.165, 1.54) is 0 Å². The minimum Gasteiger partial charge on any atom is -0.478 e. The van der Waals surface area contributed by atoms with Gasteiger partial charge in [-0.1, -0.05) is 13.0 Å². The van der Waals surface area contributed by atoms with Crippen LogP contribution in [-0.4, -0.2) is 62.0 Å². The van der Waals surface area contributed by atoms with E-state index in [9.17, 15) is 21.6 Å². The largest absolute Gasteiger partial charge is 0.511 e. The Morgan fingerprint density at radius 2 is 2.00 bits per heavy atom. The lowest BCUT2D eigenvalue weighted by Gasteiger charge is -2.32. The van der Waals surface area contributed by atoms with Gasteiger partial charge in [-0.05, 0) is 24.8 Å². The van der Waals surface area contributed by atoms with Crippen molar-refractivity contribution in [1.82, 2.24) is 19.9 Å². The number of halogens is 4. The van der Waals surface area contributed by atoms with Crippen molar-refractivity contribution >= 4 is 40.0 Å². The zero-order valence-electron chi connectivity index (χ0n) is 16.8. The third-order valence-electron chi connectivity index (χ3n) is 4.36. The normalized spacial score (nSPS) is 16.6. The Bertz CT molecular complexity index is 783. The van der Waals surface area contributed by atoms with Crippen molar-refractivity contribution in [1.29, 1.82) is 0 Å². The molecule has 0 atom stereocenters. The summed E-state index contributed by atoms with van der Waals surface area (Å²) in [5.41, 5.74) is -4.36. The number of hydrogen-bond donors (Lipinski definition) is 2. The second-order valence-corrected chi connectivity index (χ2v) is 8.48. The maximum absolute atomic E-state index is 12.6. The first-order valence-electron chi connectivity index (χ1n) is 9.28. The molecule has 30 heavy (non-hydrogen) atoms. The summed E-state index contributed by atoms with van der Waals surface area (Å²) < 4.78 is 66.8. The van der Waals surface area contributed by atoms with Gasteiger partial charge in [-0.25, -0.2) is 13.4 Å². The monoisotopic (exact) mass is 565 g/mol. The summed E-state index contributed by atoms with van der Waals surface area (Å²) in [5, 5.41) is 6.22. The molecule has 172 valence electrons. The molecule has 2 N–H and O–H groups in total. The van der Waals surface area contributed by atoms with E-state index < -0.39 is 15.5 Å². The summed E-state index contributed by atoms with van der Waals surface area (Å²) in [6.45, 7) is 2.67. The minimum absolute atomic E-state index is 0. The van der Waals surface area contributed by atoms with E-state index in [1.54, 1.807) is 19.3 Å². The van der Waals surface area contributed by atoms with E-state index in [4.69, 9.17) is 4.74 Å². The van der Waals surface area contributed by atoms with Crippen molar-refractivity contribution in [2.75, 3.05) is 26.7 Å². The van der Waals surface area contributed by atoms with Crippen molar-refractivity contribution < 1.29 is 26.3 Å². The first-order chi connectivity index (χ1) is 13.7. The van der Waals surface area contributed by atoms with Crippen LogP contribution in [0.5, 0.6) is 5.88 Å². The van der Waals surface area contributed by atoms with Crippen LogP contribution in [-0.2, 0) is 16.6 Å². The van der Waals surface area contributed by atoms with E-state index >= 15 is 0 Å². The highest BCUT2D eigenvalue weighted by molar-refractivity contribution is 14.0. The molecular weight excluding hydrogens is 538 g/mol. The Morgan fingerprint density at radius 3 is 2.50 bits per heavy atom. The third-order valence-corrected chi connectivity index (χ3v) is 5.99. The fourth-order valence-electron chi connectivity index (χ4n) is 2.77. The molecule has 13 heteroatoms. The number of nitrogens with one attached hydrogen (secondary N) is 2. The Morgan fingerprint density at radius 1 is 1.33 bits per heavy atom. The van der Waals surface area contributed by atoms with Gasteiger partial charge in [0.05, 0.1) is 6.61 Å². The second kappa shape index (κ2) is 11.9. The lowest BCUT2D eigenvalue weighted by atomic mass is 10.1. The predicted octanol–water partition coefficient (Wildman–Crippen LogP) is 2.47. The quantitative estimate of drug-likeness (QED) is 0.300. The molecular formula is C17H27F3IN5O3S. The number of sulfonamides is 1. The van der Waals surface area contributed by atoms with Crippen LogP contribution in [0.15, 0.2) is 23.3 Å². The van der Waals surface area contributed by atoms with Gasteiger partial charge in [0.15, 0.2) is 5.96 Å². The van der Waals surface area contributed by atoms with Crippen LogP contribution in [0.1, 0.15) is 31.7 Å². The van der Waals surface area contributed by atoms with E-state index in [2.05, 4.69) is 20.6 Å². The molecule has 0 aliphatic carbocycles. The maximum atomic E-state index is 12.6. The fraction of sp³-hybridized carbons (Fsp3) is 0.647. The molecule has 2 heterocycles. The van der Waals surface area contributed by atoms with Crippen LogP contribution in [0.4, 0.5) is 13.2 Å². The summed E-state index contributed by atoms with van der Waals surface area (Å²) in [5.74, 6) is 1.03. The van der Waals surface area contributed by atoms with Crippen LogP contribution >= 0.6 is 24.0 Å². The van der Waals surface area contributed by atoms with E-state index in [-0.39, 0.29) is 55.9 Å². The molecule has 0 saturated carbocycles. The highest BCUT2D eigenvalue weighted by Crippen LogP contribution is 2.28. The maximum Gasteiger partial charge on any atom is 0.511 e. The van der Waals surface area contributed by atoms with Gasteiger partial charge in [0.25, 0.3) is 0 Å². The molecule has 8 nitrogen and oxygen atoms in total. The number of nitrogens with zero attached hydrogens (tertiary/aromatic N) is 3. The number of aliphatic imine (C=N–C) groups is 1. The number of piperidine rings is 1. The van der Waals surface area contributed by atoms with Crippen molar-refractivity contribution in [3.05, 3.63) is 23.9 Å². The minimum atomic E-state index is -5.27. The SMILES string of the molecule is CCCOc1ccc(CNC(=NC)NC2CCN(S(=O)(=O)C(F)(F)F)CC2)cn1.I.